The summed E-state index contributed by atoms with van der Waals surface area (Å²) in [5, 5.41) is 4.20. The molecule has 1 aliphatic carbocycles. The Hall–Kier alpha value is -2.46. The minimum atomic E-state index is -0.160. The number of nitrogens with one attached hydrogen (secondary N) is 1. The highest BCUT2D eigenvalue weighted by Crippen LogP contribution is 2.51. The Morgan fingerprint density at radius 2 is 1.68 bits per heavy atom. The SMILES string of the molecule is COc1cc2c(cc1OC)[C@@H](c1ccc(Cl)cc1)C1=C(CC(C)(C)CC1=O)N2. The van der Waals surface area contributed by atoms with Crippen LogP contribution in [0.15, 0.2) is 47.7 Å². The minimum absolute atomic E-state index is 0.0679. The van der Waals surface area contributed by atoms with Gasteiger partial charge in [-0.2, -0.15) is 0 Å². The Kier molecular flexibility index (Phi) is 4.62. The molecule has 4 rings (SSSR count). The lowest BCUT2D eigenvalue weighted by atomic mass is 9.68. The van der Waals surface area contributed by atoms with E-state index in [9.17, 15) is 4.79 Å². The number of ether oxygens (including phenoxy) is 2. The van der Waals surface area contributed by atoms with Gasteiger partial charge in [-0.3, -0.25) is 4.79 Å². The number of halogens is 1. The van der Waals surface area contributed by atoms with Crippen molar-refractivity contribution in [3.05, 3.63) is 63.8 Å². The molecule has 2 aromatic carbocycles. The number of methoxy groups -OCH3 is 2. The molecule has 0 bridgehead atoms. The number of carbonyl (C=O) groups is 1. The van der Waals surface area contributed by atoms with Crippen LogP contribution < -0.4 is 14.8 Å². The van der Waals surface area contributed by atoms with E-state index in [1.54, 1.807) is 14.2 Å². The van der Waals surface area contributed by atoms with Crippen molar-refractivity contribution in [2.75, 3.05) is 19.5 Å². The van der Waals surface area contributed by atoms with E-state index in [4.69, 9.17) is 21.1 Å². The third-order valence-electron chi connectivity index (χ3n) is 5.56. The van der Waals surface area contributed by atoms with Gasteiger partial charge in [0, 0.05) is 40.4 Å². The lowest BCUT2D eigenvalue weighted by Gasteiger charge is -2.39. The number of fused-ring (bicyclic) bond motifs is 1. The standard InChI is InChI=1S/C23H24ClNO3/c1-23(2)11-17-22(18(26)12-23)21(13-5-7-14(24)8-6-13)15-9-19(27-3)20(28-4)10-16(15)25-17/h5-10,21,25H,11-12H2,1-4H3/t21-/m1/s1. The normalized spacial score (nSPS) is 20.2. The van der Waals surface area contributed by atoms with Crippen LogP contribution >= 0.6 is 11.6 Å². The smallest absolute Gasteiger partial charge is 0.162 e. The van der Waals surface area contributed by atoms with Crippen LogP contribution in [0.4, 0.5) is 5.69 Å². The number of hydrogen-bond acceptors (Lipinski definition) is 4. The van der Waals surface area contributed by atoms with Crippen LogP contribution in [0.3, 0.4) is 0 Å². The number of allylic oxidation sites excluding steroid dienone is 2. The van der Waals surface area contributed by atoms with Crippen molar-refractivity contribution in [1.29, 1.82) is 0 Å². The fourth-order valence-electron chi connectivity index (χ4n) is 4.34. The quantitative estimate of drug-likeness (QED) is 0.736. The highest BCUT2D eigenvalue weighted by atomic mass is 35.5. The second kappa shape index (κ2) is 6.85. The Labute approximate surface area is 170 Å². The molecule has 0 unspecified atom stereocenters. The number of hydrogen-bond donors (Lipinski definition) is 1. The van der Waals surface area contributed by atoms with E-state index < -0.39 is 0 Å². The van der Waals surface area contributed by atoms with Crippen molar-refractivity contribution < 1.29 is 14.3 Å². The van der Waals surface area contributed by atoms with Crippen LogP contribution in [0.2, 0.25) is 5.02 Å². The topological polar surface area (TPSA) is 47.6 Å². The first-order chi connectivity index (χ1) is 13.3. The maximum atomic E-state index is 13.2. The molecule has 2 aliphatic rings. The van der Waals surface area contributed by atoms with E-state index in [0.29, 0.717) is 22.9 Å². The maximum Gasteiger partial charge on any atom is 0.162 e. The largest absolute Gasteiger partial charge is 0.493 e. The predicted molar refractivity (Wildman–Crippen MR) is 112 cm³/mol. The second-order valence-electron chi connectivity index (χ2n) is 8.24. The molecule has 0 aromatic heterocycles. The molecule has 28 heavy (non-hydrogen) atoms. The van der Waals surface area contributed by atoms with Gasteiger partial charge < -0.3 is 14.8 Å². The first kappa shape index (κ1) is 18.9. The first-order valence-electron chi connectivity index (χ1n) is 9.37. The summed E-state index contributed by atoms with van der Waals surface area (Å²) in [6, 6.07) is 11.7. The van der Waals surface area contributed by atoms with Gasteiger partial charge in [-0.05, 0) is 41.2 Å². The molecule has 1 N–H and O–H groups in total. The third kappa shape index (κ3) is 3.16. The molecule has 0 saturated heterocycles. The molecule has 0 radical (unpaired) electrons. The molecule has 0 amide bonds. The zero-order chi connectivity index (χ0) is 20.1. The summed E-state index contributed by atoms with van der Waals surface area (Å²) < 4.78 is 11.0. The number of rotatable bonds is 3. The molecule has 0 saturated carbocycles. The summed E-state index contributed by atoms with van der Waals surface area (Å²) in [5.41, 5.74) is 4.78. The van der Waals surface area contributed by atoms with Crippen molar-refractivity contribution in [3.8, 4) is 11.5 Å². The minimum Gasteiger partial charge on any atom is -0.493 e. The predicted octanol–water partition coefficient (Wildman–Crippen LogP) is 5.56. The van der Waals surface area contributed by atoms with E-state index >= 15 is 0 Å². The van der Waals surface area contributed by atoms with Crippen molar-refractivity contribution in [1.82, 2.24) is 0 Å². The maximum absolute atomic E-state index is 13.2. The lowest BCUT2D eigenvalue weighted by Crippen LogP contribution is -2.33. The van der Waals surface area contributed by atoms with Gasteiger partial charge >= 0.3 is 0 Å². The molecule has 0 fully saturated rings. The van der Waals surface area contributed by atoms with Crippen LogP contribution in [0, 0.1) is 5.41 Å². The fraction of sp³-hybridized carbons (Fsp3) is 0.348. The Morgan fingerprint density at radius 1 is 1.04 bits per heavy atom. The molecule has 0 spiro atoms. The lowest BCUT2D eigenvalue weighted by molar-refractivity contribution is -0.118. The van der Waals surface area contributed by atoms with E-state index in [-0.39, 0.29) is 17.1 Å². The van der Waals surface area contributed by atoms with Gasteiger partial charge in [-0.15, -0.1) is 0 Å². The molecular formula is C23H24ClNO3. The summed E-state index contributed by atoms with van der Waals surface area (Å²) in [4.78, 5) is 13.2. The molecule has 2 aromatic rings. The molecule has 1 atom stereocenters. The molecule has 1 aliphatic heterocycles. The summed E-state index contributed by atoms with van der Waals surface area (Å²) in [6.07, 6.45) is 1.37. The van der Waals surface area contributed by atoms with Gasteiger partial charge in [0.25, 0.3) is 0 Å². The Bertz CT molecular complexity index is 976. The third-order valence-corrected chi connectivity index (χ3v) is 5.82. The van der Waals surface area contributed by atoms with E-state index in [0.717, 1.165) is 34.5 Å². The highest BCUT2D eigenvalue weighted by molar-refractivity contribution is 6.30. The number of benzene rings is 2. The van der Waals surface area contributed by atoms with Gasteiger partial charge in [0.15, 0.2) is 17.3 Å². The van der Waals surface area contributed by atoms with Gasteiger partial charge in [-0.25, -0.2) is 0 Å². The summed E-state index contributed by atoms with van der Waals surface area (Å²) in [5.74, 6) is 1.34. The average molecular weight is 398 g/mol. The molecule has 1 heterocycles. The molecule has 146 valence electrons. The summed E-state index contributed by atoms with van der Waals surface area (Å²) in [7, 11) is 3.25. The highest BCUT2D eigenvalue weighted by Gasteiger charge is 2.41. The van der Waals surface area contributed by atoms with Gasteiger partial charge in [-0.1, -0.05) is 37.6 Å². The van der Waals surface area contributed by atoms with Crippen molar-refractivity contribution >= 4 is 23.1 Å². The van der Waals surface area contributed by atoms with E-state index in [2.05, 4.69) is 19.2 Å². The number of carbonyl (C=O) groups excluding carboxylic acids is 1. The number of anilines is 1. The van der Waals surface area contributed by atoms with Crippen molar-refractivity contribution in [2.24, 2.45) is 5.41 Å². The zero-order valence-electron chi connectivity index (χ0n) is 16.6. The van der Waals surface area contributed by atoms with Crippen LogP contribution in [0.5, 0.6) is 11.5 Å². The van der Waals surface area contributed by atoms with Crippen LogP contribution in [-0.4, -0.2) is 20.0 Å². The molecular weight excluding hydrogens is 374 g/mol. The fourth-order valence-corrected chi connectivity index (χ4v) is 4.47. The first-order valence-corrected chi connectivity index (χ1v) is 9.75. The van der Waals surface area contributed by atoms with Crippen LogP contribution in [0.25, 0.3) is 0 Å². The number of ketones is 1. The monoisotopic (exact) mass is 397 g/mol. The van der Waals surface area contributed by atoms with Crippen molar-refractivity contribution in [2.45, 2.75) is 32.6 Å². The Balaban J connectivity index is 1.95. The molecule has 5 heteroatoms. The molecule has 4 nitrogen and oxygen atoms in total. The zero-order valence-corrected chi connectivity index (χ0v) is 17.3. The number of Topliss-reactive ketones (excluding diaryl/α,β-unsaturated/α-hetero) is 1. The summed E-state index contributed by atoms with van der Waals surface area (Å²) in [6.45, 7) is 4.27. The van der Waals surface area contributed by atoms with E-state index in [1.807, 2.05) is 36.4 Å². The van der Waals surface area contributed by atoms with Crippen LogP contribution in [-0.2, 0) is 4.79 Å². The summed E-state index contributed by atoms with van der Waals surface area (Å²) >= 11 is 6.11. The van der Waals surface area contributed by atoms with Crippen molar-refractivity contribution in [3.63, 3.8) is 0 Å². The average Bonchev–Trinajstić information content (AvgIpc) is 2.65. The van der Waals surface area contributed by atoms with Gasteiger partial charge in [0.05, 0.1) is 14.2 Å². The van der Waals surface area contributed by atoms with Crippen LogP contribution in [0.1, 0.15) is 43.7 Å². The second-order valence-corrected chi connectivity index (χ2v) is 8.67. The van der Waals surface area contributed by atoms with Gasteiger partial charge in [0.1, 0.15) is 0 Å². The Morgan fingerprint density at radius 3 is 2.32 bits per heavy atom. The van der Waals surface area contributed by atoms with E-state index in [1.165, 1.54) is 0 Å². The van der Waals surface area contributed by atoms with Gasteiger partial charge in [0.2, 0.25) is 0 Å².